The molecule has 39 heavy (non-hydrogen) atoms. The first-order valence-corrected chi connectivity index (χ1v) is 13.9. The van der Waals surface area contributed by atoms with E-state index in [4.69, 9.17) is 0 Å². The van der Waals surface area contributed by atoms with Gasteiger partial charge in [0, 0.05) is 26.3 Å². The van der Waals surface area contributed by atoms with Gasteiger partial charge in [-0.3, -0.25) is 14.4 Å². The van der Waals surface area contributed by atoms with Gasteiger partial charge in [0.15, 0.2) is 0 Å². The Morgan fingerprint density at radius 2 is 1.46 bits per heavy atom. The van der Waals surface area contributed by atoms with E-state index in [9.17, 15) is 14.4 Å². The Morgan fingerprint density at radius 3 is 2.15 bits per heavy atom. The zero-order valence-electron chi connectivity index (χ0n) is 21.1. The fourth-order valence-corrected chi connectivity index (χ4v) is 4.51. The number of anilines is 2. The minimum Gasteiger partial charge on any atom is -0.325 e. The average molecular weight is 601 g/mol. The second kappa shape index (κ2) is 13.6. The number of halogens is 1. The number of aryl methyl sites for hydroxylation is 1. The zero-order valence-corrected chi connectivity index (χ0v) is 23.5. The van der Waals surface area contributed by atoms with Crippen LogP contribution >= 0.6 is 27.7 Å². The van der Waals surface area contributed by atoms with Crippen LogP contribution in [-0.4, -0.2) is 23.5 Å². The zero-order chi connectivity index (χ0) is 27.6. The lowest BCUT2D eigenvalue weighted by molar-refractivity contribution is -0.114. The molecular formula is C31H26BrN3O3S. The van der Waals surface area contributed by atoms with Gasteiger partial charge in [-0.2, -0.15) is 0 Å². The summed E-state index contributed by atoms with van der Waals surface area (Å²) in [6.07, 6.45) is 1.62. The van der Waals surface area contributed by atoms with E-state index in [0.29, 0.717) is 11.3 Å². The lowest BCUT2D eigenvalue weighted by Crippen LogP contribution is -2.30. The van der Waals surface area contributed by atoms with Crippen molar-refractivity contribution in [1.29, 1.82) is 0 Å². The second-order valence-corrected chi connectivity index (χ2v) is 10.5. The van der Waals surface area contributed by atoms with Gasteiger partial charge in [-0.15, -0.1) is 11.8 Å². The lowest BCUT2D eigenvalue weighted by Gasteiger charge is -2.12. The third kappa shape index (κ3) is 8.43. The number of para-hydroxylation sites is 1. The maximum atomic E-state index is 13.2. The second-order valence-electron chi connectivity index (χ2n) is 8.56. The smallest absolute Gasteiger partial charge is 0.272 e. The van der Waals surface area contributed by atoms with E-state index >= 15 is 0 Å². The molecule has 0 aliphatic heterocycles. The summed E-state index contributed by atoms with van der Waals surface area (Å²) >= 11 is 4.80. The molecule has 0 aromatic heterocycles. The van der Waals surface area contributed by atoms with Gasteiger partial charge in [-0.25, -0.2) is 0 Å². The fourth-order valence-electron chi connectivity index (χ4n) is 3.55. The van der Waals surface area contributed by atoms with Crippen molar-refractivity contribution < 1.29 is 14.4 Å². The third-order valence-corrected chi connectivity index (χ3v) is 7.15. The standard InChI is InChI=1S/C31H26BrN3O3S/c1-21-7-5-6-10-27(21)34-29(36)20-39-26-17-15-25(16-18-26)33-31(38)28(19-22-11-13-24(32)14-12-22)35-30(37)23-8-3-2-4-9-23/h2-19H,20H2,1H3,(H,33,38)(H,34,36)(H,35,37)/b28-19-. The topological polar surface area (TPSA) is 87.3 Å². The summed E-state index contributed by atoms with van der Waals surface area (Å²) in [6.45, 7) is 1.95. The third-order valence-electron chi connectivity index (χ3n) is 5.61. The van der Waals surface area contributed by atoms with Crippen LogP contribution in [0.3, 0.4) is 0 Å². The van der Waals surface area contributed by atoms with E-state index in [0.717, 1.165) is 26.2 Å². The molecule has 4 rings (SSSR count). The van der Waals surface area contributed by atoms with Crippen molar-refractivity contribution in [3.63, 3.8) is 0 Å². The Hall–Kier alpha value is -4.14. The number of benzene rings is 4. The average Bonchev–Trinajstić information content (AvgIpc) is 2.95. The molecule has 0 fully saturated rings. The van der Waals surface area contributed by atoms with E-state index in [1.165, 1.54) is 11.8 Å². The highest BCUT2D eigenvalue weighted by Gasteiger charge is 2.15. The summed E-state index contributed by atoms with van der Waals surface area (Å²) in [5.41, 5.74) is 3.67. The van der Waals surface area contributed by atoms with Crippen molar-refractivity contribution in [2.75, 3.05) is 16.4 Å². The van der Waals surface area contributed by atoms with Gasteiger partial charge < -0.3 is 16.0 Å². The first kappa shape index (κ1) is 27.9. The van der Waals surface area contributed by atoms with Gasteiger partial charge in [-0.1, -0.05) is 64.5 Å². The number of carbonyl (C=O) groups is 3. The Morgan fingerprint density at radius 1 is 0.795 bits per heavy atom. The van der Waals surface area contributed by atoms with E-state index in [2.05, 4.69) is 31.9 Å². The maximum Gasteiger partial charge on any atom is 0.272 e. The van der Waals surface area contributed by atoms with Gasteiger partial charge in [0.1, 0.15) is 5.70 Å². The van der Waals surface area contributed by atoms with Crippen molar-refractivity contribution in [2.24, 2.45) is 0 Å². The largest absolute Gasteiger partial charge is 0.325 e. The summed E-state index contributed by atoms with van der Waals surface area (Å²) in [5.74, 6) is -0.681. The molecule has 0 atom stereocenters. The first-order valence-electron chi connectivity index (χ1n) is 12.1. The summed E-state index contributed by atoms with van der Waals surface area (Å²) in [7, 11) is 0. The molecule has 0 aliphatic rings. The molecule has 0 saturated heterocycles. The molecule has 4 aromatic carbocycles. The van der Waals surface area contributed by atoms with Gasteiger partial charge in [0.05, 0.1) is 5.75 Å². The Balaban J connectivity index is 1.40. The first-order chi connectivity index (χ1) is 18.9. The van der Waals surface area contributed by atoms with Crippen LogP contribution in [0.4, 0.5) is 11.4 Å². The van der Waals surface area contributed by atoms with E-state index in [-0.39, 0.29) is 23.3 Å². The van der Waals surface area contributed by atoms with Gasteiger partial charge in [0.25, 0.3) is 11.8 Å². The Kier molecular flexibility index (Phi) is 9.72. The SMILES string of the molecule is Cc1ccccc1NC(=O)CSc1ccc(NC(=O)/C(=C/c2ccc(Br)cc2)NC(=O)c2ccccc2)cc1. The molecule has 0 saturated carbocycles. The summed E-state index contributed by atoms with van der Waals surface area (Å²) in [4.78, 5) is 39.2. The monoisotopic (exact) mass is 599 g/mol. The van der Waals surface area contributed by atoms with Gasteiger partial charge in [-0.05, 0) is 78.7 Å². The summed E-state index contributed by atoms with van der Waals surface area (Å²) < 4.78 is 0.907. The van der Waals surface area contributed by atoms with E-state index < -0.39 is 5.91 Å². The van der Waals surface area contributed by atoms with Crippen LogP contribution in [0.5, 0.6) is 0 Å². The fraction of sp³-hybridized carbons (Fsp3) is 0.0645. The molecule has 0 unspecified atom stereocenters. The molecule has 0 aliphatic carbocycles. The van der Waals surface area contributed by atoms with E-state index in [1.807, 2.05) is 73.7 Å². The molecule has 0 bridgehead atoms. The molecule has 6 nitrogen and oxygen atoms in total. The van der Waals surface area contributed by atoms with Crippen LogP contribution in [0.2, 0.25) is 0 Å². The Bertz CT molecular complexity index is 1490. The highest BCUT2D eigenvalue weighted by Crippen LogP contribution is 2.22. The Labute approximate surface area is 240 Å². The highest BCUT2D eigenvalue weighted by atomic mass is 79.9. The summed E-state index contributed by atoms with van der Waals surface area (Å²) in [5, 5.41) is 8.50. The number of thioether (sulfide) groups is 1. The van der Waals surface area contributed by atoms with Crippen LogP contribution in [0.1, 0.15) is 21.5 Å². The van der Waals surface area contributed by atoms with Crippen LogP contribution in [0, 0.1) is 6.92 Å². The van der Waals surface area contributed by atoms with Crippen molar-refractivity contribution in [3.05, 3.63) is 130 Å². The van der Waals surface area contributed by atoms with Crippen molar-refractivity contribution in [2.45, 2.75) is 11.8 Å². The molecule has 3 amide bonds. The molecular weight excluding hydrogens is 574 g/mol. The molecule has 4 aromatic rings. The van der Waals surface area contributed by atoms with Crippen LogP contribution < -0.4 is 16.0 Å². The molecule has 196 valence electrons. The number of nitrogens with one attached hydrogen (secondary N) is 3. The van der Waals surface area contributed by atoms with Crippen molar-refractivity contribution >= 4 is 62.9 Å². The predicted octanol–water partition coefficient (Wildman–Crippen LogP) is 6.90. The minimum atomic E-state index is -0.458. The molecule has 0 spiro atoms. The van der Waals surface area contributed by atoms with Crippen LogP contribution in [-0.2, 0) is 9.59 Å². The minimum absolute atomic E-state index is 0.0939. The van der Waals surface area contributed by atoms with Crippen LogP contribution in [0.15, 0.2) is 118 Å². The number of amides is 3. The molecule has 8 heteroatoms. The summed E-state index contributed by atoms with van der Waals surface area (Å²) in [6, 6.07) is 30.9. The van der Waals surface area contributed by atoms with Crippen molar-refractivity contribution in [3.8, 4) is 0 Å². The number of rotatable bonds is 9. The number of carbonyl (C=O) groups excluding carboxylic acids is 3. The highest BCUT2D eigenvalue weighted by molar-refractivity contribution is 9.10. The van der Waals surface area contributed by atoms with E-state index in [1.54, 1.807) is 42.5 Å². The normalized spacial score (nSPS) is 11.0. The number of hydrogen-bond donors (Lipinski definition) is 3. The van der Waals surface area contributed by atoms with Gasteiger partial charge >= 0.3 is 0 Å². The predicted molar refractivity (Wildman–Crippen MR) is 162 cm³/mol. The molecule has 3 N–H and O–H groups in total. The van der Waals surface area contributed by atoms with Crippen molar-refractivity contribution in [1.82, 2.24) is 5.32 Å². The molecule has 0 heterocycles. The maximum absolute atomic E-state index is 13.2. The van der Waals surface area contributed by atoms with Crippen LogP contribution in [0.25, 0.3) is 6.08 Å². The number of hydrogen-bond acceptors (Lipinski definition) is 4. The lowest BCUT2D eigenvalue weighted by atomic mass is 10.1. The molecule has 0 radical (unpaired) electrons. The quantitative estimate of drug-likeness (QED) is 0.144. The van der Waals surface area contributed by atoms with Gasteiger partial charge in [0.2, 0.25) is 5.91 Å².